The molecule has 0 radical (unpaired) electrons. The van der Waals surface area contributed by atoms with Gasteiger partial charge in [0.1, 0.15) is 5.54 Å². The Morgan fingerprint density at radius 2 is 2.10 bits per heavy atom. The number of halogens is 1. The molecule has 0 saturated carbocycles. The molecule has 1 aromatic heterocycles. The fourth-order valence-corrected chi connectivity index (χ4v) is 3.77. The van der Waals surface area contributed by atoms with Crippen LogP contribution in [0.1, 0.15) is 41.0 Å². The Hall–Kier alpha value is -2.08. The molecule has 0 saturated heterocycles. The number of carbonyl (C=O) groups is 1. The highest BCUT2D eigenvalue weighted by atomic mass is 35.5. The number of benzene rings is 1. The minimum Gasteiger partial charge on any atom is -0.379 e. The van der Waals surface area contributed by atoms with Crippen molar-refractivity contribution in [3.8, 4) is 6.07 Å². The van der Waals surface area contributed by atoms with Crippen LogP contribution >= 0.6 is 23.4 Å². The summed E-state index contributed by atoms with van der Waals surface area (Å²) in [5, 5.41) is 13.6. The second-order valence-electron chi connectivity index (χ2n) is 8.09. The predicted octanol–water partition coefficient (Wildman–Crippen LogP) is 4.01. The van der Waals surface area contributed by atoms with Gasteiger partial charge < -0.3 is 10.1 Å². The van der Waals surface area contributed by atoms with Crippen LogP contribution in [-0.2, 0) is 16.1 Å². The van der Waals surface area contributed by atoms with E-state index in [1.54, 1.807) is 29.7 Å². The van der Waals surface area contributed by atoms with Crippen molar-refractivity contribution in [3.05, 3.63) is 33.6 Å². The molecule has 31 heavy (non-hydrogen) atoms. The normalized spacial score (nSPS) is 13.4. The van der Waals surface area contributed by atoms with Crippen molar-refractivity contribution in [1.82, 2.24) is 14.9 Å². The molecule has 0 aliphatic heterocycles. The topological polar surface area (TPSA) is 97.0 Å². The van der Waals surface area contributed by atoms with Crippen LogP contribution in [0.3, 0.4) is 0 Å². The highest BCUT2D eigenvalue weighted by Crippen LogP contribution is 2.22. The van der Waals surface area contributed by atoms with E-state index in [0.29, 0.717) is 40.7 Å². The lowest BCUT2D eigenvalue weighted by Gasteiger charge is -2.27. The first-order valence-electron chi connectivity index (χ1n) is 10.2. The molecule has 1 N–H and O–H groups in total. The maximum absolute atomic E-state index is 13.1. The van der Waals surface area contributed by atoms with Crippen LogP contribution < -0.4 is 10.9 Å². The van der Waals surface area contributed by atoms with Crippen molar-refractivity contribution in [1.29, 1.82) is 5.26 Å². The molecule has 1 amide bonds. The number of hydrogen-bond acceptors (Lipinski definition) is 6. The number of carbonyl (C=O) groups excluding carboxylic acids is 1. The van der Waals surface area contributed by atoms with E-state index in [0.717, 1.165) is 11.8 Å². The van der Waals surface area contributed by atoms with E-state index in [9.17, 15) is 14.9 Å². The lowest BCUT2D eigenvalue weighted by atomic mass is 9.90. The Morgan fingerprint density at radius 1 is 1.39 bits per heavy atom. The summed E-state index contributed by atoms with van der Waals surface area (Å²) < 4.78 is 7.15. The molecule has 0 aliphatic rings. The quantitative estimate of drug-likeness (QED) is 0.324. The van der Waals surface area contributed by atoms with Gasteiger partial charge in [-0.15, -0.1) is 0 Å². The minimum atomic E-state index is -0.962. The summed E-state index contributed by atoms with van der Waals surface area (Å²) in [4.78, 5) is 30.2. The summed E-state index contributed by atoms with van der Waals surface area (Å²) in [6.45, 7) is 10.3. The third-order valence-electron chi connectivity index (χ3n) is 4.98. The Balaban J connectivity index is 2.27. The van der Waals surface area contributed by atoms with Gasteiger partial charge in [-0.05, 0) is 51.3 Å². The average molecular weight is 465 g/mol. The summed E-state index contributed by atoms with van der Waals surface area (Å²) in [6.07, 6.45) is 0.750. The first kappa shape index (κ1) is 25.2. The summed E-state index contributed by atoms with van der Waals surface area (Å²) >= 11 is 7.24. The van der Waals surface area contributed by atoms with Gasteiger partial charge in [-0.25, -0.2) is 4.98 Å². The van der Waals surface area contributed by atoms with Crippen LogP contribution in [0.25, 0.3) is 10.9 Å². The maximum Gasteiger partial charge on any atom is 0.262 e. The summed E-state index contributed by atoms with van der Waals surface area (Å²) in [6, 6.07) is 7.12. The zero-order chi connectivity index (χ0) is 23.2. The van der Waals surface area contributed by atoms with Gasteiger partial charge in [-0.3, -0.25) is 14.2 Å². The predicted molar refractivity (Wildman–Crippen MR) is 124 cm³/mol. The number of nitrogens with zero attached hydrogens (tertiary/aromatic N) is 3. The smallest absolute Gasteiger partial charge is 0.262 e. The zero-order valence-corrected chi connectivity index (χ0v) is 20.1. The molecular weight excluding hydrogens is 436 g/mol. The highest BCUT2D eigenvalue weighted by molar-refractivity contribution is 7.99. The first-order chi connectivity index (χ1) is 14.6. The van der Waals surface area contributed by atoms with Gasteiger partial charge in [0.15, 0.2) is 5.16 Å². The van der Waals surface area contributed by atoms with E-state index in [-0.39, 0.29) is 29.2 Å². The first-order valence-corrected chi connectivity index (χ1v) is 11.6. The highest BCUT2D eigenvalue weighted by Gasteiger charge is 2.30. The number of nitriles is 1. The van der Waals surface area contributed by atoms with Crippen LogP contribution in [0.15, 0.2) is 28.2 Å². The number of ether oxygens (including phenoxy) is 1. The summed E-state index contributed by atoms with van der Waals surface area (Å²) in [5.41, 5.74) is -0.659. The Labute approximate surface area is 192 Å². The molecule has 0 bridgehead atoms. The van der Waals surface area contributed by atoms with Gasteiger partial charge in [0.05, 0.1) is 28.8 Å². The largest absolute Gasteiger partial charge is 0.379 e. The minimum absolute atomic E-state index is 0.0327. The van der Waals surface area contributed by atoms with Crippen molar-refractivity contribution in [3.63, 3.8) is 0 Å². The molecule has 1 atom stereocenters. The lowest BCUT2D eigenvalue weighted by molar-refractivity contribution is -0.120. The average Bonchev–Trinajstić information content (AvgIpc) is 2.70. The number of aromatic nitrogens is 2. The Kier molecular flexibility index (Phi) is 8.92. The zero-order valence-electron chi connectivity index (χ0n) is 18.6. The number of hydrogen-bond donors (Lipinski definition) is 1. The molecule has 2 rings (SSSR count). The number of rotatable bonds is 10. The van der Waals surface area contributed by atoms with E-state index in [1.807, 2.05) is 27.7 Å². The van der Waals surface area contributed by atoms with Crippen LogP contribution in [0.4, 0.5) is 0 Å². The number of nitrogens with one attached hydrogen (secondary N) is 1. The van der Waals surface area contributed by atoms with Crippen molar-refractivity contribution in [2.75, 3.05) is 12.4 Å². The Morgan fingerprint density at radius 3 is 2.71 bits per heavy atom. The number of thioether (sulfide) groups is 1. The number of fused-ring (bicyclic) bond motifs is 1. The Bertz CT molecular complexity index is 1030. The van der Waals surface area contributed by atoms with Gasteiger partial charge in [0, 0.05) is 18.2 Å². The molecular formula is C22H29ClN4O3S. The SMILES string of the molecule is CC(C)OCCCn1c(SCC(=O)NC(C)(C#N)C(C)C)nc2cc(Cl)ccc2c1=O. The molecule has 2 aromatic rings. The molecule has 0 aliphatic carbocycles. The van der Waals surface area contributed by atoms with Gasteiger partial charge >= 0.3 is 0 Å². The van der Waals surface area contributed by atoms with Gasteiger partial charge in [0.2, 0.25) is 5.91 Å². The fraction of sp³-hybridized carbons (Fsp3) is 0.545. The van der Waals surface area contributed by atoms with E-state index in [2.05, 4.69) is 16.4 Å². The molecule has 1 heterocycles. The maximum atomic E-state index is 13.1. The van der Waals surface area contributed by atoms with Crippen molar-refractivity contribution in [2.24, 2.45) is 5.92 Å². The summed E-state index contributed by atoms with van der Waals surface area (Å²) in [7, 11) is 0. The lowest BCUT2D eigenvalue weighted by Crippen LogP contribution is -2.49. The van der Waals surface area contributed by atoms with E-state index >= 15 is 0 Å². The molecule has 0 spiro atoms. The molecule has 168 valence electrons. The molecule has 1 aromatic carbocycles. The third kappa shape index (κ3) is 6.70. The second-order valence-corrected chi connectivity index (χ2v) is 9.47. The van der Waals surface area contributed by atoms with Crippen LogP contribution in [0, 0.1) is 17.2 Å². The molecule has 7 nitrogen and oxygen atoms in total. The molecule has 9 heteroatoms. The summed E-state index contributed by atoms with van der Waals surface area (Å²) in [5.74, 6) is -0.310. The molecule has 1 unspecified atom stereocenters. The van der Waals surface area contributed by atoms with E-state index < -0.39 is 5.54 Å². The number of amides is 1. The van der Waals surface area contributed by atoms with E-state index in [1.165, 1.54) is 0 Å². The molecule has 0 fully saturated rings. The van der Waals surface area contributed by atoms with Gasteiger partial charge in [-0.1, -0.05) is 37.2 Å². The van der Waals surface area contributed by atoms with Crippen LogP contribution in [0.2, 0.25) is 5.02 Å². The van der Waals surface area contributed by atoms with Gasteiger partial charge in [-0.2, -0.15) is 5.26 Å². The van der Waals surface area contributed by atoms with Crippen molar-refractivity contribution in [2.45, 2.75) is 64.4 Å². The monoisotopic (exact) mass is 464 g/mol. The van der Waals surface area contributed by atoms with Gasteiger partial charge in [0.25, 0.3) is 5.56 Å². The van der Waals surface area contributed by atoms with Crippen LogP contribution in [0.5, 0.6) is 0 Å². The standard InChI is InChI=1S/C22H29ClN4O3S/c1-14(2)22(5,13-24)26-19(28)12-31-21-25-18-11-16(23)7-8-17(18)20(29)27(21)9-6-10-30-15(3)4/h7-8,11,14-15H,6,9-10,12H2,1-5H3,(H,26,28). The third-order valence-corrected chi connectivity index (χ3v) is 6.19. The van der Waals surface area contributed by atoms with E-state index in [4.69, 9.17) is 16.3 Å². The van der Waals surface area contributed by atoms with Crippen molar-refractivity contribution >= 4 is 40.2 Å². The fourth-order valence-electron chi connectivity index (χ4n) is 2.78. The second kappa shape index (κ2) is 11.0. The van der Waals surface area contributed by atoms with Crippen LogP contribution in [-0.4, -0.2) is 39.5 Å². The van der Waals surface area contributed by atoms with Crippen molar-refractivity contribution < 1.29 is 9.53 Å².